The monoisotopic (exact) mass is 1030 g/mol. The number of benzene rings is 4. The van der Waals surface area contributed by atoms with Crippen LogP contribution in [-0.4, -0.2) is 106 Å². The number of fused-ring (bicyclic) bond motifs is 6. The maximum absolute atomic E-state index is 15.9. The molecule has 1 amide bonds. The summed E-state index contributed by atoms with van der Waals surface area (Å²) in [6.07, 6.45) is 18.6. The summed E-state index contributed by atoms with van der Waals surface area (Å²) in [4.78, 5) is 52.9. The minimum atomic E-state index is -1.87. The van der Waals surface area contributed by atoms with Crippen LogP contribution in [0.4, 0.5) is 38.0 Å². The molecule has 4 aromatic carbocycles. The van der Waals surface area contributed by atoms with E-state index in [4.69, 9.17) is 21.8 Å². The normalized spacial score (nSPS) is 18.6. The first-order chi connectivity index (χ1) is 36.9. The summed E-state index contributed by atoms with van der Waals surface area (Å²) < 4.78 is 103. The lowest BCUT2D eigenvalue weighted by Crippen LogP contribution is -2.63. The second-order valence-electron chi connectivity index (χ2n) is 17.5. The van der Waals surface area contributed by atoms with E-state index in [0.29, 0.717) is 81.3 Å². The summed E-state index contributed by atoms with van der Waals surface area (Å²) in [5, 5.41) is 14.2. The fraction of sp³-hybridized carbons (Fsp3) is 0.185. The molecule has 13 nitrogen and oxygen atoms in total. The van der Waals surface area contributed by atoms with Crippen molar-refractivity contribution in [1.29, 1.82) is 3.84 Å². The van der Waals surface area contributed by atoms with Crippen molar-refractivity contribution in [3.05, 3.63) is 145 Å². The Kier molecular flexibility index (Phi) is 12.7. The molecule has 4 atom stereocenters. The lowest BCUT2D eigenvalue weighted by molar-refractivity contribution is -0.134. The molecule has 372 valence electrons. The minimum absolute atomic E-state index is 0.000400. The lowest BCUT2D eigenvalue weighted by Gasteiger charge is -2.47. The molecule has 4 aliphatic heterocycles. The van der Waals surface area contributed by atoms with E-state index in [0.717, 1.165) is 24.9 Å². The number of likely N-dealkylation sites (tertiary alicyclic amines) is 1. The van der Waals surface area contributed by atoms with Crippen molar-refractivity contribution in [3.8, 4) is 47.2 Å². The van der Waals surface area contributed by atoms with Gasteiger partial charge in [0.15, 0.2) is 17.5 Å². The highest BCUT2D eigenvalue weighted by molar-refractivity contribution is 6.92. The van der Waals surface area contributed by atoms with Gasteiger partial charge in [0.1, 0.15) is 58.3 Å². The molecule has 8 aromatic rings. The van der Waals surface area contributed by atoms with Crippen LogP contribution in [0.1, 0.15) is 24.0 Å². The number of aromatic nitrogens is 6. The van der Waals surface area contributed by atoms with Crippen molar-refractivity contribution in [2.75, 3.05) is 36.0 Å². The van der Waals surface area contributed by atoms with Crippen LogP contribution in [-0.2, 0) is 9.59 Å². The number of carboxylic acid groups (broad SMARTS) is 1. The number of halogens is 6. The van der Waals surface area contributed by atoms with E-state index in [2.05, 4.69) is 65.1 Å². The molecule has 0 saturated carbocycles. The van der Waals surface area contributed by atoms with Crippen LogP contribution in [0.2, 0.25) is 0 Å². The highest BCUT2D eigenvalue weighted by Crippen LogP contribution is 2.42. The molecule has 4 aromatic heterocycles. The summed E-state index contributed by atoms with van der Waals surface area (Å²) in [5.74, 6) is -0.999. The van der Waals surface area contributed by atoms with Gasteiger partial charge in [0.25, 0.3) is 5.91 Å². The maximum Gasteiger partial charge on any atom is 0.364 e. The van der Waals surface area contributed by atoms with Crippen LogP contribution < -0.4 is 15.1 Å². The van der Waals surface area contributed by atoms with Crippen molar-refractivity contribution in [3.63, 3.8) is 0 Å². The van der Waals surface area contributed by atoms with Crippen molar-refractivity contribution in [2.24, 2.45) is 0 Å². The third-order valence-electron chi connectivity index (χ3n) is 13.7. The largest absolute Gasteiger partial charge is 0.476 e. The number of pyridine rings is 2. The first-order valence-corrected chi connectivity index (χ1v) is 22.7. The van der Waals surface area contributed by atoms with E-state index < -0.39 is 56.5 Å². The Hall–Kier alpha value is -8.51. The van der Waals surface area contributed by atoms with Crippen molar-refractivity contribution in [1.82, 2.24) is 40.1 Å². The van der Waals surface area contributed by atoms with Gasteiger partial charge in [-0.1, -0.05) is 73.5 Å². The Bertz CT molecular complexity index is 3810. The predicted octanol–water partition coefficient (Wildman–Crippen LogP) is 8.64. The molecule has 0 bridgehead atoms. The molecule has 0 aliphatic carbocycles. The van der Waals surface area contributed by atoms with Crippen molar-refractivity contribution >= 4 is 76.6 Å². The summed E-state index contributed by atoms with van der Waals surface area (Å²) in [7, 11) is -1.87. The molecule has 8 heterocycles. The number of rotatable bonds is 6. The SMILES string of the molecule is C#Cc1c(F)ccc2cccc(-c3ncc4c(N5C[C@@H]6[C@H]5CCN6C(=O)C(=C)F)ncnc4c3F)c12.C#Cc1c(F)ccc2cccc(-c3ncc4c(N5C[C@H]6NCC[C@H]65)ncnc4c3F)c12.C=C(F)C(=O)O.[3H]P([3H])[3H]. The number of nitrogens with zero attached hydrogens (tertiary/aromatic N) is 9. The lowest BCUT2D eigenvalue weighted by atomic mass is 9.95. The quantitative estimate of drug-likeness (QED) is 0.0710. The van der Waals surface area contributed by atoms with Gasteiger partial charge in [-0.25, -0.2) is 46.7 Å². The van der Waals surface area contributed by atoms with Gasteiger partial charge in [-0.2, -0.15) is 14.1 Å². The smallest absolute Gasteiger partial charge is 0.364 e. The second kappa shape index (κ2) is 20.2. The Morgan fingerprint density at radius 2 is 1.20 bits per heavy atom. The van der Waals surface area contributed by atoms with E-state index >= 15 is 8.78 Å². The number of hydrogen-bond donors (Lipinski definition) is 2. The van der Waals surface area contributed by atoms with E-state index in [9.17, 15) is 27.2 Å². The van der Waals surface area contributed by atoms with Crippen LogP contribution in [0.25, 0.3) is 65.9 Å². The molecule has 4 saturated heterocycles. The predicted molar refractivity (Wildman–Crippen MR) is 274 cm³/mol. The molecular weight excluding hydrogens is 982 g/mol. The fourth-order valence-corrected chi connectivity index (χ4v) is 10.2. The van der Waals surface area contributed by atoms with Gasteiger partial charge in [0.05, 0.1) is 37.8 Å². The van der Waals surface area contributed by atoms with Gasteiger partial charge >= 0.3 is 5.97 Å². The highest BCUT2D eigenvalue weighted by Gasteiger charge is 2.50. The van der Waals surface area contributed by atoms with E-state index in [1.165, 1.54) is 35.9 Å². The number of carboxylic acids is 1. The Balaban J connectivity index is 0.000000161. The van der Waals surface area contributed by atoms with Crippen molar-refractivity contribution < 1.29 is 41.0 Å². The number of hydrogen-bond acceptors (Lipinski definition) is 11. The Morgan fingerprint density at radius 1 is 0.703 bits per heavy atom. The van der Waals surface area contributed by atoms with Crippen LogP contribution in [0, 0.1) is 48.0 Å². The van der Waals surface area contributed by atoms with Crippen LogP contribution in [0.5, 0.6) is 0 Å². The molecule has 74 heavy (non-hydrogen) atoms. The third kappa shape index (κ3) is 8.53. The molecule has 0 unspecified atom stereocenters. The zero-order chi connectivity index (χ0) is 55.0. The molecule has 12 rings (SSSR count). The molecule has 4 fully saturated rings. The Morgan fingerprint density at radius 3 is 1.66 bits per heavy atom. The number of nitrogens with one attached hydrogen (secondary N) is 1. The zero-order valence-corrected chi connectivity index (χ0v) is 39.6. The van der Waals surface area contributed by atoms with Gasteiger partial charge in [0, 0.05) is 66.0 Å². The fourth-order valence-electron chi connectivity index (χ4n) is 10.2. The first kappa shape index (κ1) is 46.6. The third-order valence-corrected chi connectivity index (χ3v) is 13.7. The topological polar surface area (TPSA) is 153 Å². The average Bonchev–Trinajstić information content (AvgIpc) is 3.96. The average molecular weight is 1030 g/mol. The second-order valence-corrected chi connectivity index (χ2v) is 17.5. The van der Waals surface area contributed by atoms with Crippen LogP contribution in [0.3, 0.4) is 0 Å². The summed E-state index contributed by atoms with van der Waals surface area (Å²) in [5.41, 5.74) is 1.28. The summed E-state index contributed by atoms with van der Waals surface area (Å²) in [6.45, 7) is 8.22. The van der Waals surface area contributed by atoms with Gasteiger partial charge in [-0.15, -0.1) is 12.8 Å². The summed E-state index contributed by atoms with van der Waals surface area (Å²) >= 11 is 0. The van der Waals surface area contributed by atoms with E-state index in [1.54, 1.807) is 48.7 Å². The molecular formula is C54H41F6N10O3P. The van der Waals surface area contributed by atoms with Crippen molar-refractivity contribution in [2.45, 2.75) is 37.0 Å². The van der Waals surface area contributed by atoms with E-state index in [1.807, 2.05) is 11.0 Å². The number of terminal acetylenes is 2. The number of anilines is 2. The number of carbonyl (C=O) groups excluding carboxylic acids is 1. The van der Waals surface area contributed by atoms with Crippen LogP contribution >= 0.6 is 9.73 Å². The minimum Gasteiger partial charge on any atom is -0.476 e. The van der Waals surface area contributed by atoms with Gasteiger partial charge in [-0.05, 0) is 42.3 Å². The first-order valence-electron chi connectivity index (χ1n) is 24.0. The maximum atomic E-state index is 15.9. The molecule has 20 heteroatoms. The summed E-state index contributed by atoms with van der Waals surface area (Å²) in [6, 6.07) is 16.8. The Labute approximate surface area is 425 Å². The molecule has 0 spiro atoms. The van der Waals surface area contributed by atoms with Gasteiger partial charge in [-0.3, -0.25) is 14.8 Å². The number of aliphatic carboxylic acids is 1. The standard InChI is InChI=1S/C27H18F3N5O.C24H17F2N5.C3H3FO2.H3P/c1-3-16-19(29)8-7-15-5-4-6-17(22(15)16)24-23(30)25-18(11-31-24)26(33-13-32-25)35-12-21-20(35)9-10-34(21)27(36)14(2)28;1-2-14-17(25)7-6-13-4-3-5-15(20(13)14)22-21(26)23-16(10-28-22)24(30-12-29-23)31-11-18-19(31)8-9-27-18;1-2(4)3(5)6;/h1,4-8,11,13,20-21H,2,9-10,12H2;1,3-7,10,12,18-19,27H,8-9,11H2;1H2,(H,5,6);1H3/t20-,21-;18-,19-;;/m11../s1/i;;;1T3. The van der Waals surface area contributed by atoms with E-state index in [-0.39, 0.29) is 45.6 Å². The number of amides is 1. The van der Waals surface area contributed by atoms with Gasteiger partial charge < -0.3 is 25.1 Å². The molecule has 2 N–H and O–H groups in total. The number of carbonyl (C=O) groups is 2. The highest BCUT2D eigenvalue weighted by atomic mass is 31.0. The molecule has 4 aliphatic rings. The zero-order valence-electron chi connectivity index (χ0n) is 41.7. The molecule has 0 radical (unpaired) electrons. The van der Waals surface area contributed by atoms with Crippen LogP contribution in [0.15, 0.2) is 111 Å². The van der Waals surface area contributed by atoms with Gasteiger partial charge in [0.2, 0.25) is 5.83 Å².